The summed E-state index contributed by atoms with van der Waals surface area (Å²) in [6.45, 7) is 13.2. The summed E-state index contributed by atoms with van der Waals surface area (Å²) in [7, 11) is -1.89. The van der Waals surface area contributed by atoms with E-state index in [1.54, 1.807) is 10.8 Å². The molecule has 5 nitrogen and oxygen atoms in total. The lowest BCUT2D eigenvalue weighted by atomic mass is 10.1. The van der Waals surface area contributed by atoms with Gasteiger partial charge in [0.25, 0.3) is 0 Å². The Bertz CT molecular complexity index is 615. The zero-order chi connectivity index (χ0) is 15.8. The van der Waals surface area contributed by atoms with Gasteiger partial charge in [-0.25, -0.2) is 9.50 Å². The molecule has 0 saturated heterocycles. The Morgan fingerprint density at radius 2 is 1.95 bits per heavy atom. The number of nitrogens with two attached hydrogens (primary N) is 1. The topological polar surface area (TPSA) is 65.4 Å². The molecule has 2 aromatic heterocycles. The molecule has 0 saturated carbocycles. The molecule has 2 rings (SSSR count). The first kappa shape index (κ1) is 16.1. The number of fused-ring (bicyclic) bond motifs is 1. The van der Waals surface area contributed by atoms with Gasteiger partial charge in [0.2, 0.25) is 0 Å². The van der Waals surface area contributed by atoms with E-state index in [4.69, 9.17) is 10.2 Å². The number of aromatic nitrogens is 3. The van der Waals surface area contributed by atoms with Crippen LogP contribution < -0.4 is 5.73 Å². The third-order valence-electron chi connectivity index (χ3n) is 4.33. The zero-order valence-electron chi connectivity index (χ0n) is 13.8. The normalized spacial score (nSPS) is 16.1. The second-order valence-electron chi connectivity index (χ2n) is 7.18. The average molecular weight is 306 g/mol. The minimum atomic E-state index is -1.89. The van der Waals surface area contributed by atoms with E-state index in [1.165, 1.54) is 0 Å². The molecule has 2 N–H and O–H groups in total. The SMILES string of the molecule is C[C@@H](N)[C@@H](O[Si](C)(C)C(C)(C)C)c1ccc2ncnn2c1. The van der Waals surface area contributed by atoms with Crippen LogP contribution in [0.5, 0.6) is 0 Å². The maximum absolute atomic E-state index is 6.53. The first-order valence-electron chi connectivity index (χ1n) is 7.34. The molecule has 0 bridgehead atoms. The van der Waals surface area contributed by atoms with Crippen LogP contribution in [0.2, 0.25) is 18.1 Å². The highest BCUT2D eigenvalue weighted by molar-refractivity contribution is 6.74. The van der Waals surface area contributed by atoms with Crippen LogP contribution in [0.4, 0.5) is 0 Å². The lowest BCUT2D eigenvalue weighted by molar-refractivity contribution is 0.160. The predicted octanol–water partition coefficient (Wildman–Crippen LogP) is 3.14. The maximum Gasteiger partial charge on any atom is 0.192 e. The minimum absolute atomic E-state index is 0.0832. The van der Waals surface area contributed by atoms with Gasteiger partial charge in [-0.3, -0.25) is 0 Å². The van der Waals surface area contributed by atoms with Crippen LogP contribution in [0.3, 0.4) is 0 Å². The third-order valence-corrected chi connectivity index (χ3v) is 8.79. The van der Waals surface area contributed by atoms with Gasteiger partial charge in [-0.15, -0.1) is 0 Å². The van der Waals surface area contributed by atoms with Gasteiger partial charge in [-0.05, 0) is 36.7 Å². The smallest absolute Gasteiger partial charge is 0.192 e. The summed E-state index contributed by atoms with van der Waals surface area (Å²) in [5.74, 6) is 0. The number of hydrogen-bond donors (Lipinski definition) is 1. The van der Waals surface area contributed by atoms with Crippen molar-refractivity contribution in [2.45, 2.75) is 58.0 Å². The molecule has 116 valence electrons. The van der Waals surface area contributed by atoms with E-state index in [1.807, 2.05) is 25.3 Å². The van der Waals surface area contributed by atoms with Crippen molar-refractivity contribution in [3.8, 4) is 0 Å². The van der Waals surface area contributed by atoms with Crippen LogP contribution in [0, 0.1) is 0 Å². The molecule has 2 heterocycles. The fourth-order valence-electron chi connectivity index (χ4n) is 1.97. The van der Waals surface area contributed by atoms with Crippen molar-refractivity contribution in [2.24, 2.45) is 5.73 Å². The van der Waals surface area contributed by atoms with Crippen molar-refractivity contribution in [3.05, 3.63) is 30.2 Å². The molecule has 0 aliphatic rings. The molecular weight excluding hydrogens is 280 g/mol. The molecule has 0 amide bonds. The van der Waals surface area contributed by atoms with Gasteiger partial charge in [0, 0.05) is 12.2 Å². The molecule has 6 heteroatoms. The minimum Gasteiger partial charge on any atom is -0.408 e. The van der Waals surface area contributed by atoms with Gasteiger partial charge < -0.3 is 10.2 Å². The Balaban J connectivity index is 2.35. The highest BCUT2D eigenvalue weighted by Crippen LogP contribution is 2.40. The Labute approximate surface area is 127 Å². The molecular formula is C15H26N4OSi. The van der Waals surface area contributed by atoms with Crippen LogP contribution in [-0.4, -0.2) is 29.0 Å². The van der Waals surface area contributed by atoms with Crippen LogP contribution >= 0.6 is 0 Å². The number of nitrogens with zero attached hydrogens (tertiary/aromatic N) is 3. The van der Waals surface area contributed by atoms with Crippen molar-refractivity contribution in [1.29, 1.82) is 0 Å². The van der Waals surface area contributed by atoms with Gasteiger partial charge >= 0.3 is 0 Å². The van der Waals surface area contributed by atoms with Crippen molar-refractivity contribution in [1.82, 2.24) is 14.6 Å². The molecule has 0 radical (unpaired) electrons. The number of hydrogen-bond acceptors (Lipinski definition) is 4. The van der Waals surface area contributed by atoms with Gasteiger partial charge in [0.15, 0.2) is 14.0 Å². The van der Waals surface area contributed by atoms with Gasteiger partial charge in [0.05, 0.1) is 6.10 Å². The van der Waals surface area contributed by atoms with E-state index in [2.05, 4.69) is 43.9 Å². The highest BCUT2D eigenvalue weighted by atomic mass is 28.4. The fraction of sp³-hybridized carbons (Fsp3) is 0.600. The average Bonchev–Trinajstić information content (AvgIpc) is 2.81. The maximum atomic E-state index is 6.53. The molecule has 0 aliphatic heterocycles. The van der Waals surface area contributed by atoms with Gasteiger partial charge in [-0.2, -0.15) is 5.10 Å². The second-order valence-corrected chi connectivity index (χ2v) is 11.9. The van der Waals surface area contributed by atoms with E-state index in [9.17, 15) is 0 Å². The molecule has 0 unspecified atom stereocenters. The highest BCUT2D eigenvalue weighted by Gasteiger charge is 2.40. The summed E-state index contributed by atoms with van der Waals surface area (Å²) >= 11 is 0. The lowest BCUT2D eigenvalue weighted by Crippen LogP contribution is -2.45. The summed E-state index contributed by atoms with van der Waals surface area (Å²) in [5.41, 5.74) is 8.07. The van der Waals surface area contributed by atoms with Crippen LogP contribution in [0.1, 0.15) is 39.4 Å². The Morgan fingerprint density at radius 3 is 2.52 bits per heavy atom. The second kappa shape index (κ2) is 5.51. The van der Waals surface area contributed by atoms with E-state index < -0.39 is 8.32 Å². The van der Waals surface area contributed by atoms with Crippen molar-refractivity contribution < 1.29 is 4.43 Å². The monoisotopic (exact) mass is 306 g/mol. The fourth-order valence-corrected chi connectivity index (χ4v) is 3.31. The van der Waals surface area contributed by atoms with Gasteiger partial charge in [0.1, 0.15) is 6.33 Å². The zero-order valence-corrected chi connectivity index (χ0v) is 14.8. The molecule has 0 fully saturated rings. The molecule has 21 heavy (non-hydrogen) atoms. The van der Waals surface area contributed by atoms with Crippen molar-refractivity contribution in [2.75, 3.05) is 0 Å². The molecule has 2 aromatic rings. The molecule has 0 spiro atoms. The summed E-state index contributed by atoms with van der Waals surface area (Å²) in [4.78, 5) is 4.17. The van der Waals surface area contributed by atoms with Crippen molar-refractivity contribution >= 4 is 14.0 Å². The number of rotatable bonds is 4. The van der Waals surface area contributed by atoms with Crippen LogP contribution in [-0.2, 0) is 4.43 Å². The predicted molar refractivity (Wildman–Crippen MR) is 87.7 cm³/mol. The Morgan fingerprint density at radius 1 is 1.29 bits per heavy atom. The molecule has 2 atom stereocenters. The Hall–Kier alpha value is -1.24. The van der Waals surface area contributed by atoms with Crippen molar-refractivity contribution in [3.63, 3.8) is 0 Å². The summed E-state index contributed by atoms with van der Waals surface area (Å²) in [6.07, 6.45) is 3.39. The van der Waals surface area contributed by atoms with E-state index in [0.717, 1.165) is 11.2 Å². The first-order chi connectivity index (χ1) is 9.62. The van der Waals surface area contributed by atoms with Crippen LogP contribution in [0.15, 0.2) is 24.7 Å². The van der Waals surface area contributed by atoms with E-state index >= 15 is 0 Å². The Kier molecular flexibility index (Phi) is 4.23. The summed E-state index contributed by atoms with van der Waals surface area (Å²) in [6, 6.07) is 3.90. The third kappa shape index (κ3) is 3.33. The molecule has 0 aliphatic carbocycles. The van der Waals surface area contributed by atoms with E-state index in [-0.39, 0.29) is 17.2 Å². The largest absolute Gasteiger partial charge is 0.408 e. The van der Waals surface area contributed by atoms with Crippen LogP contribution in [0.25, 0.3) is 5.65 Å². The standard InChI is InChI=1S/C15H26N4OSi/c1-11(16)14(20-21(5,6)15(2,3)4)12-7-8-13-17-10-18-19(13)9-12/h7-11,14H,16H2,1-6H3/t11-,14-/m1/s1. The first-order valence-corrected chi connectivity index (χ1v) is 10.3. The lowest BCUT2D eigenvalue weighted by Gasteiger charge is -2.40. The number of pyridine rings is 1. The van der Waals surface area contributed by atoms with Gasteiger partial charge in [-0.1, -0.05) is 26.8 Å². The molecule has 0 aromatic carbocycles. The van der Waals surface area contributed by atoms with E-state index in [0.29, 0.717) is 0 Å². The summed E-state index contributed by atoms with van der Waals surface area (Å²) in [5, 5.41) is 4.34. The summed E-state index contributed by atoms with van der Waals surface area (Å²) < 4.78 is 8.29. The quantitative estimate of drug-likeness (QED) is 0.881.